The molecule has 0 saturated carbocycles. The molecule has 0 saturated heterocycles. The predicted molar refractivity (Wildman–Crippen MR) is 90.1 cm³/mol. The summed E-state index contributed by atoms with van der Waals surface area (Å²) >= 11 is 0. The van der Waals surface area contributed by atoms with Crippen molar-refractivity contribution in [3.05, 3.63) is 63.9 Å². The van der Waals surface area contributed by atoms with Crippen LogP contribution in [0.1, 0.15) is 30.0 Å². The van der Waals surface area contributed by atoms with E-state index in [2.05, 4.69) is 9.97 Å². The first kappa shape index (κ1) is 16.9. The molecule has 7 nitrogen and oxygen atoms in total. The van der Waals surface area contributed by atoms with Crippen molar-refractivity contribution >= 4 is 17.1 Å². The first-order chi connectivity index (χ1) is 12.0. The van der Waals surface area contributed by atoms with Crippen LogP contribution in [0.4, 0.5) is 0 Å². The standard InChI is InChI=1S/C18H18N2O5/c1-2-24-18(23)9-12-3-4-15-13(20-12)10-16(25-15)14(21)7-11-5-6-19-17(22)8-11/h3-6,8,10,14,21H,2,7,9H2,1H3,(H,19,22). The van der Waals surface area contributed by atoms with Crippen molar-refractivity contribution < 1.29 is 19.1 Å². The van der Waals surface area contributed by atoms with Gasteiger partial charge in [0.1, 0.15) is 17.4 Å². The molecule has 0 spiro atoms. The van der Waals surface area contributed by atoms with Crippen molar-refractivity contribution in [1.82, 2.24) is 9.97 Å². The van der Waals surface area contributed by atoms with E-state index in [1.54, 1.807) is 31.2 Å². The smallest absolute Gasteiger partial charge is 0.311 e. The summed E-state index contributed by atoms with van der Waals surface area (Å²) in [5, 5.41) is 10.3. The Morgan fingerprint density at radius 1 is 1.36 bits per heavy atom. The Balaban J connectivity index is 1.78. The van der Waals surface area contributed by atoms with E-state index in [9.17, 15) is 14.7 Å². The van der Waals surface area contributed by atoms with Crippen LogP contribution in [0.15, 0.2) is 45.7 Å². The Morgan fingerprint density at radius 2 is 2.20 bits per heavy atom. The quantitative estimate of drug-likeness (QED) is 0.663. The van der Waals surface area contributed by atoms with Crippen molar-refractivity contribution in [3.8, 4) is 0 Å². The van der Waals surface area contributed by atoms with Crippen molar-refractivity contribution in [1.29, 1.82) is 0 Å². The Labute approximate surface area is 143 Å². The predicted octanol–water partition coefficient (Wildman–Crippen LogP) is 1.90. The minimum Gasteiger partial charge on any atom is -0.466 e. The van der Waals surface area contributed by atoms with Crippen LogP contribution in [0, 0.1) is 0 Å². The number of H-pyrrole nitrogens is 1. The van der Waals surface area contributed by atoms with Crippen LogP contribution in [0.2, 0.25) is 0 Å². The number of aromatic amines is 1. The second-order valence-corrected chi connectivity index (χ2v) is 5.60. The van der Waals surface area contributed by atoms with Crippen LogP contribution in [0.5, 0.6) is 0 Å². The number of fused-ring (bicyclic) bond motifs is 1. The topological polar surface area (TPSA) is 105 Å². The second-order valence-electron chi connectivity index (χ2n) is 5.60. The molecule has 0 amide bonds. The molecule has 3 aromatic rings. The third-order valence-electron chi connectivity index (χ3n) is 3.68. The maximum Gasteiger partial charge on any atom is 0.311 e. The maximum atomic E-state index is 11.5. The first-order valence-electron chi connectivity index (χ1n) is 7.96. The number of hydrogen-bond donors (Lipinski definition) is 2. The number of rotatable bonds is 6. The van der Waals surface area contributed by atoms with Crippen LogP contribution in [-0.4, -0.2) is 27.7 Å². The van der Waals surface area contributed by atoms with Crippen LogP contribution in [-0.2, 0) is 22.4 Å². The zero-order chi connectivity index (χ0) is 17.8. The van der Waals surface area contributed by atoms with Gasteiger partial charge in [0.2, 0.25) is 5.56 Å². The van der Waals surface area contributed by atoms with E-state index >= 15 is 0 Å². The summed E-state index contributed by atoms with van der Waals surface area (Å²) in [4.78, 5) is 29.7. The third kappa shape index (κ3) is 4.13. The molecule has 3 heterocycles. The number of esters is 1. The number of nitrogens with zero attached hydrogens (tertiary/aromatic N) is 1. The number of furan rings is 1. The number of aliphatic hydroxyl groups excluding tert-OH is 1. The van der Waals surface area contributed by atoms with E-state index in [0.29, 0.717) is 34.7 Å². The van der Waals surface area contributed by atoms with Gasteiger partial charge >= 0.3 is 5.97 Å². The van der Waals surface area contributed by atoms with Gasteiger partial charge in [-0.25, -0.2) is 4.98 Å². The number of nitrogens with one attached hydrogen (secondary N) is 1. The van der Waals surface area contributed by atoms with Gasteiger partial charge in [-0.1, -0.05) is 0 Å². The number of pyridine rings is 2. The van der Waals surface area contributed by atoms with E-state index < -0.39 is 6.10 Å². The molecule has 0 fully saturated rings. The van der Waals surface area contributed by atoms with Gasteiger partial charge in [-0.05, 0) is 30.7 Å². The van der Waals surface area contributed by atoms with E-state index in [-0.39, 0.29) is 24.4 Å². The number of hydrogen-bond acceptors (Lipinski definition) is 6. The highest BCUT2D eigenvalue weighted by Crippen LogP contribution is 2.25. The molecule has 7 heteroatoms. The highest BCUT2D eigenvalue weighted by molar-refractivity contribution is 5.76. The molecule has 0 bridgehead atoms. The van der Waals surface area contributed by atoms with Gasteiger partial charge in [0.15, 0.2) is 5.58 Å². The molecule has 130 valence electrons. The summed E-state index contributed by atoms with van der Waals surface area (Å²) in [5.74, 6) is 0.0171. The first-order valence-corrected chi connectivity index (χ1v) is 7.96. The van der Waals surface area contributed by atoms with Gasteiger partial charge in [0, 0.05) is 24.8 Å². The summed E-state index contributed by atoms with van der Waals surface area (Å²) in [5.41, 5.74) is 2.13. The average Bonchev–Trinajstić information content (AvgIpc) is 2.98. The lowest BCUT2D eigenvalue weighted by Gasteiger charge is -2.06. The lowest BCUT2D eigenvalue weighted by atomic mass is 10.1. The van der Waals surface area contributed by atoms with Gasteiger partial charge in [-0.15, -0.1) is 0 Å². The number of carbonyl (C=O) groups is 1. The molecule has 25 heavy (non-hydrogen) atoms. The monoisotopic (exact) mass is 342 g/mol. The van der Waals surface area contributed by atoms with Crippen LogP contribution >= 0.6 is 0 Å². The van der Waals surface area contributed by atoms with Crippen molar-refractivity contribution in [3.63, 3.8) is 0 Å². The van der Waals surface area contributed by atoms with Crippen LogP contribution in [0.3, 0.4) is 0 Å². The molecule has 0 aliphatic carbocycles. The molecule has 0 aliphatic heterocycles. The Kier molecular flexibility index (Phi) is 4.95. The van der Waals surface area contributed by atoms with Crippen LogP contribution < -0.4 is 5.56 Å². The number of aromatic nitrogens is 2. The molecule has 0 aliphatic rings. The van der Waals surface area contributed by atoms with Crippen molar-refractivity contribution in [2.45, 2.75) is 25.9 Å². The molecule has 1 atom stereocenters. The fourth-order valence-corrected chi connectivity index (χ4v) is 2.55. The number of aliphatic hydroxyl groups is 1. The zero-order valence-electron chi connectivity index (χ0n) is 13.7. The maximum absolute atomic E-state index is 11.5. The summed E-state index contributed by atoms with van der Waals surface area (Å²) in [7, 11) is 0. The van der Waals surface area contributed by atoms with Crippen LogP contribution in [0.25, 0.3) is 11.1 Å². The van der Waals surface area contributed by atoms with E-state index in [4.69, 9.17) is 9.15 Å². The minimum absolute atomic E-state index is 0.0830. The Bertz CT molecular complexity index is 944. The highest BCUT2D eigenvalue weighted by Gasteiger charge is 2.16. The molecule has 3 rings (SSSR count). The molecular formula is C18H18N2O5. The normalized spacial score (nSPS) is 12.2. The second kappa shape index (κ2) is 7.31. The van der Waals surface area contributed by atoms with Crippen molar-refractivity contribution in [2.24, 2.45) is 0 Å². The molecule has 0 aromatic carbocycles. The van der Waals surface area contributed by atoms with Crippen molar-refractivity contribution in [2.75, 3.05) is 6.61 Å². The summed E-state index contributed by atoms with van der Waals surface area (Å²) in [6.45, 7) is 2.07. The average molecular weight is 342 g/mol. The van der Waals surface area contributed by atoms with Gasteiger partial charge < -0.3 is 19.2 Å². The fraction of sp³-hybridized carbons (Fsp3) is 0.278. The van der Waals surface area contributed by atoms with E-state index in [0.717, 1.165) is 0 Å². The van der Waals surface area contributed by atoms with Gasteiger partial charge in [-0.2, -0.15) is 0 Å². The fourth-order valence-electron chi connectivity index (χ4n) is 2.55. The zero-order valence-corrected chi connectivity index (χ0v) is 13.7. The summed E-state index contributed by atoms with van der Waals surface area (Å²) in [6, 6.07) is 8.20. The lowest BCUT2D eigenvalue weighted by molar-refractivity contribution is -0.142. The minimum atomic E-state index is -0.899. The van der Waals surface area contributed by atoms with E-state index in [1.807, 2.05) is 0 Å². The number of carbonyl (C=O) groups excluding carboxylic acids is 1. The molecular weight excluding hydrogens is 324 g/mol. The Morgan fingerprint density at radius 3 is 2.96 bits per heavy atom. The summed E-state index contributed by atoms with van der Waals surface area (Å²) in [6.07, 6.45) is 0.968. The van der Waals surface area contributed by atoms with Gasteiger partial charge in [0.25, 0.3) is 0 Å². The number of ether oxygens (including phenoxy) is 1. The molecule has 0 radical (unpaired) electrons. The summed E-state index contributed by atoms with van der Waals surface area (Å²) < 4.78 is 10.5. The Hall–Kier alpha value is -2.93. The molecule has 3 aromatic heterocycles. The van der Waals surface area contributed by atoms with E-state index in [1.165, 1.54) is 12.3 Å². The molecule has 1 unspecified atom stereocenters. The van der Waals surface area contributed by atoms with Gasteiger partial charge in [-0.3, -0.25) is 9.59 Å². The molecule has 2 N–H and O–H groups in total. The largest absolute Gasteiger partial charge is 0.466 e. The van der Waals surface area contributed by atoms with Gasteiger partial charge in [0.05, 0.1) is 18.7 Å². The SMILES string of the molecule is CCOC(=O)Cc1ccc2oc(C(O)Cc3cc[nH]c(=O)c3)cc2n1. The third-order valence-corrected chi connectivity index (χ3v) is 3.68. The lowest BCUT2D eigenvalue weighted by Crippen LogP contribution is -2.08. The highest BCUT2D eigenvalue weighted by atomic mass is 16.5.